The fraction of sp³-hybridized carbons (Fsp3) is 0.500. The molecule has 0 heterocycles. The molecule has 0 aliphatic rings. The van der Waals surface area contributed by atoms with Gasteiger partial charge in [-0.1, -0.05) is 13.3 Å². The summed E-state index contributed by atoms with van der Waals surface area (Å²) in [5.74, 6) is -9.71. The first-order valence-electron chi connectivity index (χ1n) is 5.51. The van der Waals surface area contributed by atoms with Gasteiger partial charge < -0.3 is 5.32 Å². The number of benzene rings is 1. The molecule has 0 aliphatic heterocycles. The van der Waals surface area contributed by atoms with Gasteiger partial charge in [-0.2, -0.15) is 0 Å². The van der Waals surface area contributed by atoms with Gasteiger partial charge in [-0.3, -0.25) is 0 Å². The van der Waals surface area contributed by atoms with Crippen LogP contribution in [0.3, 0.4) is 0 Å². The van der Waals surface area contributed by atoms with Crippen molar-refractivity contribution in [2.75, 3.05) is 5.32 Å². The lowest BCUT2D eigenvalue weighted by molar-refractivity contribution is 0.377. The molecule has 0 amide bonds. The van der Waals surface area contributed by atoms with Crippen LogP contribution in [-0.4, -0.2) is 5.54 Å². The molecule has 0 fully saturated rings. The lowest BCUT2D eigenvalue weighted by Crippen LogP contribution is -2.32. The molecule has 1 rings (SSSR count). The number of halogens is 5. The van der Waals surface area contributed by atoms with Crippen molar-refractivity contribution in [2.45, 2.75) is 39.2 Å². The maximum Gasteiger partial charge on any atom is 0.200 e. The molecule has 1 nitrogen and oxygen atoms in total. The smallest absolute Gasteiger partial charge is 0.200 e. The number of hydrogen-bond acceptors (Lipinski definition) is 1. The van der Waals surface area contributed by atoms with E-state index in [0.717, 1.165) is 0 Å². The van der Waals surface area contributed by atoms with Crippen molar-refractivity contribution in [1.82, 2.24) is 0 Å². The van der Waals surface area contributed by atoms with E-state index in [1.165, 1.54) is 0 Å². The van der Waals surface area contributed by atoms with Gasteiger partial charge in [-0.25, -0.2) is 22.0 Å². The maximum absolute atomic E-state index is 13.4. The van der Waals surface area contributed by atoms with E-state index in [0.29, 0.717) is 12.8 Å². The number of rotatable bonds is 4. The first-order chi connectivity index (χ1) is 8.21. The van der Waals surface area contributed by atoms with Gasteiger partial charge in [0.15, 0.2) is 23.3 Å². The normalized spacial score (nSPS) is 11.8. The highest BCUT2D eigenvalue weighted by Crippen LogP contribution is 2.30. The largest absolute Gasteiger partial charge is 0.375 e. The fourth-order valence-corrected chi connectivity index (χ4v) is 1.74. The molecule has 0 aromatic heterocycles. The van der Waals surface area contributed by atoms with E-state index < -0.39 is 40.3 Å². The molecule has 0 unspecified atom stereocenters. The van der Waals surface area contributed by atoms with Crippen LogP contribution in [0.1, 0.15) is 33.6 Å². The Bertz CT molecular complexity index is 427. The van der Waals surface area contributed by atoms with Crippen LogP contribution in [-0.2, 0) is 0 Å². The van der Waals surface area contributed by atoms with Crippen molar-refractivity contribution in [1.29, 1.82) is 0 Å². The average molecular weight is 267 g/mol. The van der Waals surface area contributed by atoms with E-state index in [2.05, 4.69) is 5.32 Å². The third-order valence-electron chi connectivity index (χ3n) is 2.55. The second kappa shape index (κ2) is 5.12. The minimum atomic E-state index is -2.15. The van der Waals surface area contributed by atoms with Crippen LogP contribution in [0.4, 0.5) is 27.6 Å². The van der Waals surface area contributed by atoms with Crippen LogP contribution < -0.4 is 5.32 Å². The molecular weight excluding hydrogens is 253 g/mol. The standard InChI is InChI=1S/C12H14F5N/c1-4-5-12(2,3)18-11-9(16)7(14)6(13)8(15)10(11)17/h18H,4-5H2,1-3H3. The average Bonchev–Trinajstić information content (AvgIpc) is 2.30. The molecule has 0 aliphatic carbocycles. The Kier molecular flexibility index (Phi) is 4.19. The van der Waals surface area contributed by atoms with Crippen molar-refractivity contribution in [3.63, 3.8) is 0 Å². The van der Waals surface area contributed by atoms with Crippen LogP contribution in [0, 0.1) is 29.1 Å². The van der Waals surface area contributed by atoms with E-state index >= 15 is 0 Å². The molecule has 0 atom stereocenters. The summed E-state index contributed by atoms with van der Waals surface area (Å²) in [5.41, 5.74) is -1.75. The Morgan fingerprint density at radius 2 is 1.22 bits per heavy atom. The van der Waals surface area contributed by atoms with Crippen molar-refractivity contribution >= 4 is 5.69 Å². The summed E-state index contributed by atoms with van der Waals surface area (Å²) in [5, 5.41) is 2.37. The zero-order valence-electron chi connectivity index (χ0n) is 10.3. The summed E-state index contributed by atoms with van der Waals surface area (Å²) < 4.78 is 65.5. The highest BCUT2D eigenvalue weighted by molar-refractivity contribution is 5.49. The molecule has 0 saturated carbocycles. The monoisotopic (exact) mass is 267 g/mol. The van der Waals surface area contributed by atoms with Crippen LogP contribution in [0.15, 0.2) is 0 Å². The van der Waals surface area contributed by atoms with E-state index in [-0.39, 0.29) is 0 Å². The predicted molar refractivity (Wildman–Crippen MR) is 58.8 cm³/mol. The van der Waals surface area contributed by atoms with Crippen molar-refractivity contribution in [3.8, 4) is 0 Å². The van der Waals surface area contributed by atoms with E-state index in [9.17, 15) is 22.0 Å². The van der Waals surface area contributed by atoms with Gasteiger partial charge in [0.1, 0.15) is 5.69 Å². The summed E-state index contributed by atoms with van der Waals surface area (Å²) in [6.45, 7) is 5.09. The van der Waals surface area contributed by atoms with Crippen LogP contribution in [0.2, 0.25) is 0 Å². The summed E-state index contributed by atoms with van der Waals surface area (Å²) in [6.07, 6.45) is 1.22. The van der Waals surface area contributed by atoms with Crippen molar-refractivity contribution in [2.24, 2.45) is 0 Å². The molecule has 102 valence electrons. The topological polar surface area (TPSA) is 12.0 Å². The Balaban J connectivity index is 3.26. The summed E-state index contributed by atoms with van der Waals surface area (Å²) in [7, 11) is 0. The minimum Gasteiger partial charge on any atom is -0.375 e. The van der Waals surface area contributed by atoms with Gasteiger partial charge >= 0.3 is 0 Å². The Hall–Kier alpha value is -1.33. The second-order valence-electron chi connectivity index (χ2n) is 4.70. The highest BCUT2D eigenvalue weighted by atomic mass is 19.2. The zero-order valence-corrected chi connectivity index (χ0v) is 10.3. The van der Waals surface area contributed by atoms with Gasteiger partial charge in [0, 0.05) is 5.54 Å². The molecule has 1 aromatic carbocycles. The van der Waals surface area contributed by atoms with E-state index in [1.807, 2.05) is 6.92 Å². The first-order valence-corrected chi connectivity index (χ1v) is 5.51. The molecule has 0 radical (unpaired) electrons. The zero-order chi connectivity index (χ0) is 14.1. The summed E-state index contributed by atoms with van der Waals surface area (Å²) in [6, 6.07) is 0. The van der Waals surface area contributed by atoms with Gasteiger partial charge in [-0.05, 0) is 20.3 Å². The quantitative estimate of drug-likeness (QED) is 0.485. The van der Waals surface area contributed by atoms with Crippen molar-refractivity contribution in [3.05, 3.63) is 29.1 Å². The number of anilines is 1. The molecular formula is C12H14F5N. The Labute approximate surface area is 102 Å². The third kappa shape index (κ3) is 2.73. The van der Waals surface area contributed by atoms with Gasteiger partial charge in [0.25, 0.3) is 0 Å². The fourth-order valence-electron chi connectivity index (χ4n) is 1.74. The van der Waals surface area contributed by atoms with Crippen molar-refractivity contribution < 1.29 is 22.0 Å². The lowest BCUT2D eigenvalue weighted by Gasteiger charge is -2.27. The minimum absolute atomic E-state index is 0.520. The van der Waals surface area contributed by atoms with Crippen LogP contribution in [0.25, 0.3) is 0 Å². The molecule has 1 N–H and O–H groups in total. The van der Waals surface area contributed by atoms with Crippen LogP contribution >= 0.6 is 0 Å². The van der Waals surface area contributed by atoms with E-state index in [4.69, 9.17) is 0 Å². The Morgan fingerprint density at radius 1 is 0.833 bits per heavy atom. The second-order valence-corrected chi connectivity index (χ2v) is 4.70. The summed E-state index contributed by atoms with van der Waals surface area (Å²) in [4.78, 5) is 0. The summed E-state index contributed by atoms with van der Waals surface area (Å²) >= 11 is 0. The lowest BCUT2D eigenvalue weighted by atomic mass is 9.98. The Morgan fingerprint density at radius 3 is 1.61 bits per heavy atom. The number of hydrogen-bond donors (Lipinski definition) is 1. The van der Waals surface area contributed by atoms with Gasteiger partial charge in [-0.15, -0.1) is 0 Å². The number of nitrogens with one attached hydrogen (secondary N) is 1. The predicted octanol–water partition coefficient (Wildman–Crippen LogP) is 4.37. The molecule has 0 saturated heterocycles. The van der Waals surface area contributed by atoms with Gasteiger partial charge in [0.2, 0.25) is 5.82 Å². The highest BCUT2D eigenvalue weighted by Gasteiger charge is 2.28. The third-order valence-corrected chi connectivity index (χ3v) is 2.55. The molecule has 0 bridgehead atoms. The van der Waals surface area contributed by atoms with E-state index in [1.54, 1.807) is 13.8 Å². The SMILES string of the molecule is CCCC(C)(C)Nc1c(F)c(F)c(F)c(F)c1F. The molecule has 0 spiro atoms. The van der Waals surface area contributed by atoms with Gasteiger partial charge in [0.05, 0.1) is 0 Å². The molecule has 18 heavy (non-hydrogen) atoms. The molecule has 6 heteroatoms. The first kappa shape index (κ1) is 14.7. The maximum atomic E-state index is 13.4. The molecule has 1 aromatic rings. The van der Waals surface area contributed by atoms with Crippen LogP contribution in [0.5, 0.6) is 0 Å².